The lowest BCUT2D eigenvalue weighted by molar-refractivity contribution is -0.137. The number of ether oxygens (including phenoxy) is 1. The zero-order valence-electron chi connectivity index (χ0n) is 13.7. The third kappa shape index (κ3) is 3.06. The van der Waals surface area contributed by atoms with Crippen LogP contribution in [0.1, 0.15) is 29.2 Å². The molecule has 0 N–H and O–H groups in total. The standard InChI is InChI=1S/C21H15F3O/c1-4-17-13(2)19(18-10-9-16(25-3)12-20(17)18)11-14-5-7-15(8-6-14)21(22,23)24/h1,5-12H,2-3H3. The number of benzene rings is 2. The molecule has 25 heavy (non-hydrogen) atoms. The van der Waals surface area contributed by atoms with Crippen molar-refractivity contribution in [3.63, 3.8) is 0 Å². The van der Waals surface area contributed by atoms with Gasteiger partial charge >= 0.3 is 6.18 Å². The highest BCUT2D eigenvalue weighted by Crippen LogP contribution is 2.43. The normalized spacial score (nSPS) is 15.3. The number of hydrogen-bond acceptors (Lipinski definition) is 1. The van der Waals surface area contributed by atoms with E-state index in [1.54, 1.807) is 7.11 Å². The summed E-state index contributed by atoms with van der Waals surface area (Å²) in [6.45, 7) is 1.91. The highest BCUT2D eigenvalue weighted by molar-refractivity contribution is 6.08. The van der Waals surface area contributed by atoms with E-state index in [1.165, 1.54) is 12.1 Å². The molecule has 1 nitrogen and oxygen atoms in total. The first-order valence-corrected chi connectivity index (χ1v) is 7.60. The first kappa shape index (κ1) is 16.9. The Morgan fingerprint density at radius 3 is 2.28 bits per heavy atom. The van der Waals surface area contributed by atoms with Gasteiger partial charge < -0.3 is 4.74 Å². The second-order valence-corrected chi connectivity index (χ2v) is 5.73. The fourth-order valence-corrected chi connectivity index (χ4v) is 2.94. The summed E-state index contributed by atoms with van der Waals surface area (Å²) in [7, 11) is 1.59. The van der Waals surface area contributed by atoms with Crippen LogP contribution in [0.25, 0.3) is 17.2 Å². The third-order valence-electron chi connectivity index (χ3n) is 4.26. The predicted molar refractivity (Wildman–Crippen MR) is 93.7 cm³/mol. The predicted octanol–water partition coefficient (Wildman–Crippen LogP) is 5.67. The van der Waals surface area contributed by atoms with Gasteiger partial charge in [0.15, 0.2) is 0 Å². The zero-order chi connectivity index (χ0) is 18.2. The highest BCUT2D eigenvalue weighted by Gasteiger charge is 2.30. The Kier molecular flexibility index (Phi) is 4.18. The number of alkyl halides is 3. The van der Waals surface area contributed by atoms with E-state index in [0.29, 0.717) is 11.3 Å². The lowest BCUT2D eigenvalue weighted by Crippen LogP contribution is -2.04. The van der Waals surface area contributed by atoms with Gasteiger partial charge in [0.2, 0.25) is 0 Å². The van der Waals surface area contributed by atoms with E-state index in [-0.39, 0.29) is 0 Å². The molecule has 0 spiro atoms. The maximum Gasteiger partial charge on any atom is 0.416 e. The summed E-state index contributed by atoms with van der Waals surface area (Å²) in [6, 6.07) is 10.7. The average molecular weight is 340 g/mol. The molecule has 2 aromatic rings. The van der Waals surface area contributed by atoms with Crippen LogP contribution < -0.4 is 4.74 Å². The van der Waals surface area contributed by atoms with Crippen molar-refractivity contribution in [2.75, 3.05) is 7.11 Å². The minimum absolute atomic E-state index is 0.664. The second-order valence-electron chi connectivity index (χ2n) is 5.73. The molecule has 0 aliphatic heterocycles. The molecule has 1 aliphatic rings. The number of rotatable bonds is 2. The Hall–Kier alpha value is -2.93. The molecule has 126 valence electrons. The van der Waals surface area contributed by atoms with Crippen LogP contribution in [0.3, 0.4) is 0 Å². The SMILES string of the molecule is C#CC1=C(C)C(=Cc2ccc(C(F)(F)F)cc2)c2ccc(OC)cc21. The molecule has 0 unspecified atom stereocenters. The van der Waals surface area contributed by atoms with Crippen molar-refractivity contribution in [2.45, 2.75) is 13.1 Å². The van der Waals surface area contributed by atoms with Gasteiger partial charge in [-0.3, -0.25) is 0 Å². The van der Waals surface area contributed by atoms with E-state index in [2.05, 4.69) is 5.92 Å². The largest absolute Gasteiger partial charge is 0.497 e. The fourth-order valence-electron chi connectivity index (χ4n) is 2.94. The summed E-state index contributed by atoms with van der Waals surface area (Å²) in [5, 5.41) is 0. The van der Waals surface area contributed by atoms with Crippen LogP contribution in [0.5, 0.6) is 5.75 Å². The van der Waals surface area contributed by atoms with Crippen LogP contribution in [-0.4, -0.2) is 7.11 Å². The summed E-state index contributed by atoms with van der Waals surface area (Å²) in [4.78, 5) is 0. The van der Waals surface area contributed by atoms with Gasteiger partial charge in [-0.15, -0.1) is 6.42 Å². The molecule has 0 atom stereocenters. The Morgan fingerprint density at radius 2 is 1.72 bits per heavy atom. The third-order valence-corrected chi connectivity index (χ3v) is 4.26. The summed E-state index contributed by atoms with van der Waals surface area (Å²) in [5.41, 5.74) is 4.47. The van der Waals surface area contributed by atoms with Crippen LogP contribution >= 0.6 is 0 Å². The average Bonchev–Trinajstić information content (AvgIpc) is 2.85. The topological polar surface area (TPSA) is 9.23 Å². The monoisotopic (exact) mass is 340 g/mol. The van der Waals surface area contributed by atoms with Crippen molar-refractivity contribution < 1.29 is 17.9 Å². The molecular formula is C21H15F3O. The molecule has 0 radical (unpaired) electrons. The van der Waals surface area contributed by atoms with E-state index in [1.807, 2.05) is 31.2 Å². The van der Waals surface area contributed by atoms with Crippen LogP contribution in [0.4, 0.5) is 13.2 Å². The van der Waals surface area contributed by atoms with Crippen molar-refractivity contribution in [2.24, 2.45) is 0 Å². The van der Waals surface area contributed by atoms with Crippen LogP contribution in [-0.2, 0) is 6.18 Å². The molecule has 0 saturated heterocycles. The number of fused-ring (bicyclic) bond motifs is 1. The van der Waals surface area contributed by atoms with Gasteiger partial charge in [0.25, 0.3) is 0 Å². The minimum atomic E-state index is -4.34. The molecule has 1 aliphatic carbocycles. The minimum Gasteiger partial charge on any atom is -0.497 e. The molecule has 2 aromatic carbocycles. The molecule has 0 heterocycles. The first-order valence-electron chi connectivity index (χ1n) is 7.60. The lowest BCUT2D eigenvalue weighted by atomic mass is 10.00. The van der Waals surface area contributed by atoms with Crippen molar-refractivity contribution in [3.05, 3.63) is 70.3 Å². The number of terminal acetylenes is 1. The Bertz CT molecular complexity index is 923. The van der Waals surface area contributed by atoms with Gasteiger partial charge in [0.1, 0.15) is 5.75 Å². The number of allylic oxidation sites excluding steroid dienone is 3. The van der Waals surface area contributed by atoms with E-state index >= 15 is 0 Å². The first-order chi connectivity index (χ1) is 11.8. The Labute approximate surface area is 144 Å². The molecular weight excluding hydrogens is 325 g/mol. The summed E-state index contributed by atoms with van der Waals surface area (Å²) in [6.07, 6.45) is 3.17. The Balaban J connectivity index is 2.08. The van der Waals surface area contributed by atoms with Crippen LogP contribution in [0, 0.1) is 12.3 Å². The van der Waals surface area contributed by atoms with Gasteiger partial charge in [-0.2, -0.15) is 13.2 Å². The number of halogens is 3. The van der Waals surface area contributed by atoms with E-state index < -0.39 is 11.7 Å². The zero-order valence-corrected chi connectivity index (χ0v) is 13.7. The highest BCUT2D eigenvalue weighted by atomic mass is 19.4. The molecule has 0 saturated carbocycles. The quantitative estimate of drug-likeness (QED) is 0.640. The summed E-state index contributed by atoms with van der Waals surface area (Å²) in [5.74, 6) is 3.40. The molecule has 0 bridgehead atoms. The van der Waals surface area contributed by atoms with Gasteiger partial charge in [-0.1, -0.05) is 24.1 Å². The maximum atomic E-state index is 12.7. The van der Waals surface area contributed by atoms with Gasteiger partial charge in [0.05, 0.1) is 12.7 Å². The van der Waals surface area contributed by atoms with E-state index in [0.717, 1.165) is 40.0 Å². The maximum absolute atomic E-state index is 12.7. The van der Waals surface area contributed by atoms with Gasteiger partial charge in [-0.25, -0.2) is 0 Å². The van der Waals surface area contributed by atoms with Gasteiger partial charge in [-0.05, 0) is 59.5 Å². The van der Waals surface area contributed by atoms with Crippen molar-refractivity contribution >= 4 is 17.2 Å². The molecule has 0 aromatic heterocycles. The van der Waals surface area contributed by atoms with Gasteiger partial charge in [0, 0.05) is 11.1 Å². The molecule has 3 rings (SSSR count). The van der Waals surface area contributed by atoms with Crippen molar-refractivity contribution in [1.29, 1.82) is 0 Å². The number of hydrogen-bond donors (Lipinski definition) is 0. The number of methoxy groups -OCH3 is 1. The lowest BCUT2D eigenvalue weighted by Gasteiger charge is -2.08. The molecule has 4 heteroatoms. The van der Waals surface area contributed by atoms with E-state index in [9.17, 15) is 13.2 Å². The van der Waals surface area contributed by atoms with Crippen LogP contribution in [0.15, 0.2) is 48.0 Å². The van der Waals surface area contributed by atoms with E-state index in [4.69, 9.17) is 11.2 Å². The summed E-state index contributed by atoms with van der Waals surface area (Å²) < 4.78 is 43.3. The molecule has 0 fully saturated rings. The fraction of sp³-hybridized carbons (Fsp3) is 0.143. The smallest absolute Gasteiger partial charge is 0.416 e. The van der Waals surface area contributed by atoms with Crippen molar-refractivity contribution in [1.82, 2.24) is 0 Å². The van der Waals surface area contributed by atoms with Crippen molar-refractivity contribution in [3.8, 4) is 18.1 Å². The summed E-state index contributed by atoms with van der Waals surface area (Å²) >= 11 is 0. The van der Waals surface area contributed by atoms with Crippen LogP contribution in [0.2, 0.25) is 0 Å². The Morgan fingerprint density at radius 1 is 1.04 bits per heavy atom. The molecule has 0 amide bonds. The second kappa shape index (κ2) is 6.18.